The molecule has 8 nitrogen and oxygen atoms in total. The molecule has 1 N–H and O–H groups in total. The second kappa shape index (κ2) is 8.70. The molecule has 142 valence electrons. The Morgan fingerprint density at radius 1 is 1.27 bits per heavy atom. The van der Waals surface area contributed by atoms with Gasteiger partial charge in [-0.3, -0.25) is 4.79 Å². The molecule has 1 saturated heterocycles. The third-order valence-corrected chi connectivity index (χ3v) is 5.54. The van der Waals surface area contributed by atoms with Crippen molar-refractivity contribution in [1.82, 2.24) is 5.32 Å². The van der Waals surface area contributed by atoms with Gasteiger partial charge in [0.25, 0.3) is 5.91 Å². The van der Waals surface area contributed by atoms with Crippen LogP contribution in [0.15, 0.2) is 24.3 Å². The predicted molar refractivity (Wildman–Crippen MR) is 94.7 cm³/mol. The van der Waals surface area contributed by atoms with Crippen LogP contribution in [0, 0.1) is 0 Å². The van der Waals surface area contributed by atoms with Gasteiger partial charge in [-0.25, -0.2) is 13.2 Å². The molecule has 0 radical (unpaired) electrons. The van der Waals surface area contributed by atoms with Gasteiger partial charge in [0.1, 0.15) is 0 Å². The third-order valence-electron chi connectivity index (χ3n) is 3.78. The van der Waals surface area contributed by atoms with Crippen LogP contribution in [0.3, 0.4) is 0 Å². The first kappa shape index (κ1) is 19.8. The number of para-hydroxylation sites is 1. The van der Waals surface area contributed by atoms with Gasteiger partial charge in [-0.05, 0) is 18.6 Å². The van der Waals surface area contributed by atoms with Crippen LogP contribution in [0.1, 0.15) is 12.0 Å². The first-order chi connectivity index (χ1) is 12.3. The Balaban J connectivity index is 1.85. The summed E-state index contributed by atoms with van der Waals surface area (Å²) in [6.45, 7) is -0.477. The number of esters is 1. The van der Waals surface area contributed by atoms with Crippen molar-refractivity contribution in [1.29, 1.82) is 0 Å². The second-order valence-electron chi connectivity index (χ2n) is 5.69. The quantitative estimate of drug-likeness (QED) is 0.541. The van der Waals surface area contributed by atoms with Crippen molar-refractivity contribution < 1.29 is 32.2 Å². The number of rotatable bonds is 7. The minimum absolute atomic E-state index is 0.0584. The van der Waals surface area contributed by atoms with Crippen molar-refractivity contribution in [3.05, 3.63) is 29.8 Å². The van der Waals surface area contributed by atoms with Crippen molar-refractivity contribution in [3.8, 4) is 11.5 Å². The fourth-order valence-corrected chi connectivity index (χ4v) is 4.24. The minimum atomic E-state index is -3.08. The first-order valence-corrected chi connectivity index (χ1v) is 9.72. The van der Waals surface area contributed by atoms with Gasteiger partial charge in [0.15, 0.2) is 27.9 Å². The maximum absolute atomic E-state index is 11.8. The number of nitrogens with one attached hydrogen (secondary N) is 1. The molecule has 1 aliphatic heterocycles. The van der Waals surface area contributed by atoms with Crippen LogP contribution in [0.25, 0.3) is 6.08 Å². The van der Waals surface area contributed by atoms with Crippen LogP contribution in [0.5, 0.6) is 11.5 Å². The van der Waals surface area contributed by atoms with Crippen molar-refractivity contribution in [3.63, 3.8) is 0 Å². The molecule has 1 amide bonds. The van der Waals surface area contributed by atoms with E-state index in [1.54, 1.807) is 18.2 Å². The molecule has 0 aromatic heterocycles. The molecule has 0 spiro atoms. The normalized spacial score (nSPS) is 18.5. The number of amides is 1. The van der Waals surface area contributed by atoms with Gasteiger partial charge in [0.2, 0.25) is 0 Å². The average Bonchev–Trinajstić information content (AvgIpc) is 2.95. The lowest BCUT2D eigenvalue weighted by atomic mass is 10.1. The molecule has 9 heteroatoms. The highest BCUT2D eigenvalue weighted by molar-refractivity contribution is 7.91. The molecule has 0 bridgehead atoms. The number of hydrogen-bond donors (Lipinski definition) is 1. The van der Waals surface area contributed by atoms with Gasteiger partial charge in [0, 0.05) is 17.7 Å². The van der Waals surface area contributed by atoms with Crippen molar-refractivity contribution in [2.45, 2.75) is 12.5 Å². The summed E-state index contributed by atoms with van der Waals surface area (Å²) < 4.78 is 38.0. The molecule has 0 unspecified atom stereocenters. The summed E-state index contributed by atoms with van der Waals surface area (Å²) in [5.74, 6) is -0.268. The summed E-state index contributed by atoms with van der Waals surface area (Å²) in [7, 11) is -0.0849. The summed E-state index contributed by atoms with van der Waals surface area (Å²) >= 11 is 0. The van der Waals surface area contributed by atoms with E-state index in [1.165, 1.54) is 26.4 Å². The molecule has 1 aromatic rings. The fourth-order valence-electron chi connectivity index (χ4n) is 2.56. The summed E-state index contributed by atoms with van der Waals surface area (Å²) in [6, 6.07) is 4.78. The number of ether oxygens (including phenoxy) is 3. The van der Waals surface area contributed by atoms with E-state index in [4.69, 9.17) is 14.2 Å². The maximum Gasteiger partial charge on any atom is 0.331 e. The maximum atomic E-state index is 11.8. The highest BCUT2D eigenvalue weighted by Gasteiger charge is 2.28. The predicted octanol–water partition coefficient (Wildman–Crippen LogP) is 0.564. The Kier molecular flexibility index (Phi) is 6.62. The van der Waals surface area contributed by atoms with E-state index >= 15 is 0 Å². The van der Waals surface area contributed by atoms with Gasteiger partial charge < -0.3 is 19.5 Å². The number of carbonyl (C=O) groups excluding carboxylic acids is 2. The number of methoxy groups -OCH3 is 2. The smallest absolute Gasteiger partial charge is 0.331 e. The Morgan fingerprint density at radius 3 is 2.65 bits per heavy atom. The molecule has 1 aromatic carbocycles. The highest BCUT2D eigenvalue weighted by Crippen LogP contribution is 2.31. The summed E-state index contributed by atoms with van der Waals surface area (Å²) in [5, 5.41) is 2.54. The Bertz CT molecular complexity index is 801. The summed E-state index contributed by atoms with van der Waals surface area (Å²) in [6.07, 6.45) is 3.04. The van der Waals surface area contributed by atoms with E-state index in [9.17, 15) is 18.0 Å². The molecule has 2 rings (SSSR count). The third kappa shape index (κ3) is 5.48. The standard InChI is InChI=1S/C17H21NO7S/c1-23-14-5-3-4-12(17(14)24-2)6-7-16(20)25-10-15(19)18-13-8-9-26(21,22)11-13/h3-7,13H,8-11H2,1-2H3,(H,18,19)/b7-6+/t13-/m0/s1. The van der Waals surface area contributed by atoms with Gasteiger partial charge in [0.05, 0.1) is 25.7 Å². The van der Waals surface area contributed by atoms with Crippen molar-refractivity contribution >= 4 is 27.8 Å². The summed E-state index contributed by atoms with van der Waals surface area (Å²) in [5.41, 5.74) is 0.615. The second-order valence-corrected chi connectivity index (χ2v) is 7.92. The molecular formula is C17H21NO7S. The van der Waals surface area contributed by atoms with Gasteiger partial charge in [-0.1, -0.05) is 12.1 Å². The molecule has 1 heterocycles. The van der Waals surface area contributed by atoms with Gasteiger partial charge in [-0.2, -0.15) is 0 Å². The van der Waals surface area contributed by atoms with Crippen LogP contribution >= 0.6 is 0 Å². The number of hydrogen-bond acceptors (Lipinski definition) is 7. The van der Waals surface area contributed by atoms with Crippen LogP contribution in [0.2, 0.25) is 0 Å². The van der Waals surface area contributed by atoms with E-state index in [0.717, 1.165) is 0 Å². The lowest BCUT2D eigenvalue weighted by molar-refractivity contribution is -0.143. The monoisotopic (exact) mass is 383 g/mol. The fraction of sp³-hybridized carbons (Fsp3) is 0.412. The molecule has 0 aliphatic carbocycles. The van der Waals surface area contributed by atoms with Crippen LogP contribution < -0.4 is 14.8 Å². The van der Waals surface area contributed by atoms with Crippen LogP contribution in [-0.4, -0.2) is 58.7 Å². The largest absolute Gasteiger partial charge is 0.493 e. The molecule has 1 fully saturated rings. The first-order valence-electron chi connectivity index (χ1n) is 7.90. The van der Waals surface area contributed by atoms with Crippen LogP contribution in [-0.2, 0) is 24.2 Å². The Hall–Kier alpha value is -2.55. The van der Waals surface area contributed by atoms with Crippen molar-refractivity contribution in [2.24, 2.45) is 0 Å². The SMILES string of the molecule is COc1cccc(/C=C/C(=O)OCC(=O)N[C@H]2CCS(=O)(=O)C2)c1OC. The molecule has 1 atom stereocenters. The van der Waals surface area contributed by atoms with Gasteiger partial charge >= 0.3 is 5.97 Å². The number of benzene rings is 1. The molecule has 0 saturated carbocycles. The van der Waals surface area contributed by atoms with E-state index in [0.29, 0.717) is 23.5 Å². The van der Waals surface area contributed by atoms with Crippen molar-refractivity contribution in [2.75, 3.05) is 32.3 Å². The average molecular weight is 383 g/mol. The van der Waals surface area contributed by atoms with E-state index in [-0.39, 0.29) is 11.5 Å². The lowest BCUT2D eigenvalue weighted by Crippen LogP contribution is -2.38. The van der Waals surface area contributed by atoms with E-state index in [2.05, 4.69) is 5.32 Å². The van der Waals surface area contributed by atoms with Gasteiger partial charge in [-0.15, -0.1) is 0 Å². The number of carbonyl (C=O) groups is 2. The lowest BCUT2D eigenvalue weighted by Gasteiger charge is -2.10. The zero-order valence-electron chi connectivity index (χ0n) is 14.6. The summed E-state index contributed by atoms with van der Waals surface area (Å²) in [4.78, 5) is 23.5. The van der Waals surface area contributed by atoms with E-state index in [1.807, 2.05) is 0 Å². The highest BCUT2D eigenvalue weighted by atomic mass is 32.2. The minimum Gasteiger partial charge on any atom is -0.493 e. The Morgan fingerprint density at radius 2 is 2.04 bits per heavy atom. The molecular weight excluding hydrogens is 362 g/mol. The molecule has 26 heavy (non-hydrogen) atoms. The number of sulfone groups is 1. The Labute approximate surface area is 152 Å². The van der Waals surface area contributed by atoms with Crippen LogP contribution in [0.4, 0.5) is 0 Å². The zero-order valence-corrected chi connectivity index (χ0v) is 15.4. The van der Waals surface area contributed by atoms with E-state index < -0.39 is 34.4 Å². The molecule has 1 aliphatic rings. The topological polar surface area (TPSA) is 108 Å². The zero-order chi connectivity index (χ0) is 19.2.